The maximum atomic E-state index is 4.94. The average molecular weight is 205 g/mol. The lowest BCUT2D eigenvalue weighted by Gasteiger charge is -2.13. The van der Waals surface area contributed by atoms with Crippen LogP contribution in [0.1, 0.15) is 0 Å². The number of aromatic nitrogens is 2. The first-order valence-electron chi connectivity index (χ1n) is 3.49. The van der Waals surface area contributed by atoms with Gasteiger partial charge in [0.15, 0.2) is 3.95 Å². The van der Waals surface area contributed by atoms with Gasteiger partial charge < -0.3 is 9.64 Å². The van der Waals surface area contributed by atoms with Gasteiger partial charge in [-0.15, -0.1) is 5.10 Å². The Kier molecular flexibility index (Phi) is 3.64. The summed E-state index contributed by atoms with van der Waals surface area (Å²) in [4.78, 5) is 2.00. The number of hydrogen-bond acceptors (Lipinski definition) is 5. The molecule has 68 valence electrons. The fourth-order valence-electron chi connectivity index (χ4n) is 0.709. The van der Waals surface area contributed by atoms with Crippen molar-refractivity contribution in [1.29, 1.82) is 0 Å². The molecule has 0 radical (unpaired) electrons. The molecule has 0 spiro atoms. The van der Waals surface area contributed by atoms with Gasteiger partial charge in [-0.25, -0.2) is 0 Å². The van der Waals surface area contributed by atoms with E-state index in [4.69, 9.17) is 17.0 Å². The summed E-state index contributed by atoms with van der Waals surface area (Å²) >= 11 is 6.37. The largest absolute Gasteiger partial charge is 0.383 e. The highest BCUT2D eigenvalue weighted by Crippen LogP contribution is 2.14. The van der Waals surface area contributed by atoms with Gasteiger partial charge in [0.1, 0.15) is 0 Å². The molecule has 0 fully saturated rings. The topological polar surface area (TPSA) is 41.1 Å². The smallest absolute Gasteiger partial charge is 0.206 e. The average Bonchev–Trinajstić information content (AvgIpc) is 2.47. The van der Waals surface area contributed by atoms with Crippen LogP contribution in [0.25, 0.3) is 0 Å². The zero-order chi connectivity index (χ0) is 8.97. The van der Waals surface area contributed by atoms with E-state index in [1.165, 1.54) is 11.3 Å². The summed E-state index contributed by atoms with van der Waals surface area (Å²) in [5.41, 5.74) is 0. The van der Waals surface area contributed by atoms with Crippen molar-refractivity contribution in [1.82, 2.24) is 10.2 Å². The van der Waals surface area contributed by atoms with Crippen LogP contribution in [0.4, 0.5) is 5.13 Å². The Labute approximate surface area is 80.2 Å². The molecule has 12 heavy (non-hydrogen) atoms. The molecular formula is C6H11N3OS2. The molecular weight excluding hydrogens is 194 g/mol. The minimum absolute atomic E-state index is 0.697. The number of aromatic amines is 1. The fraction of sp³-hybridized carbons (Fsp3) is 0.667. The van der Waals surface area contributed by atoms with Crippen LogP contribution in [0.5, 0.6) is 0 Å². The summed E-state index contributed by atoms with van der Waals surface area (Å²) < 4.78 is 5.64. The monoisotopic (exact) mass is 205 g/mol. The summed E-state index contributed by atoms with van der Waals surface area (Å²) in [6.45, 7) is 1.52. The quantitative estimate of drug-likeness (QED) is 0.752. The molecule has 4 nitrogen and oxygen atoms in total. The van der Waals surface area contributed by atoms with Gasteiger partial charge in [0.2, 0.25) is 5.13 Å². The van der Waals surface area contributed by atoms with Crippen molar-refractivity contribution in [3.05, 3.63) is 3.95 Å². The first-order valence-corrected chi connectivity index (χ1v) is 4.72. The summed E-state index contributed by atoms with van der Waals surface area (Å²) in [6.07, 6.45) is 0. The van der Waals surface area contributed by atoms with Gasteiger partial charge in [-0.1, -0.05) is 11.3 Å². The lowest BCUT2D eigenvalue weighted by atomic mass is 10.6. The molecule has 0 bridgehead atoms. The highest BCUT2D eigenvalue weighted by atomic mass is 32.1. The standard InChI is InChI=1S/C6H11N3OS2/c1-9(3-4-10-2)5-7-8-6(11)12-5/h3-4H2,1-2H3,(H,8,11). The molecule has 0 saturated carbocycles. The Bertz CT molecular complexity index is 282. The van der Waals surface area contributed by atoms with E-state index in [0.29, 0.717) is 10.6 Å². The molecule has 1 aromatic heterocycles. The van der Waals surface area contributed by atoms with Crippen LogP contribution in [0.3, 0.4) is 0 Å². The van der Waals surface area contributed by atoms with Crippen LogP contribution < -0.4 is 4.90 Å². The molecule has 0 aliphatic rings. The molecule has 1 rings (SSSR count). The first-order chi connectivity index (χ1) is 5.74. The zero-order valence-corrected chi connectivity index (χ0v) is 8.67. The molecule has 1 N–H and O–H groups in total. The van der Waals surface area contributed by atoms with E-state index in [-0.39, 0.29) is 0 Å². The van der Waals surface area contributed by atoms with Crippen LogP contribution in [0.15, 0.2) is 0 Å². The van der Waals surface area contributed by atoms with Crippen molar-refractivity contribution in [3.8, 4) is 0 Å². The third-order valence-electron chi connectivity index (χ3n) is 1.38. The molecule has 0 saturated heterocycles. The minimum Gasteiger partial charge on any atom is -0.383 e. The van der Waals surface area contributed by atoms with E-state index >= 15 is 0 Å². The summed E-state index contributed by atoms with van der Waals surface area (Å²) in [7, 11) is 3.64. The van der Waals surface area contributed by atoms with E-state index in [0.717, 1.165) is 11.7 Å². The maximum absolute atomic E-state index is 4.94. The molecule has 0 aliphatic heterocycles. The minimum atomic E-state index is 0.697. The summed E-state index contributed by atoms with van der Waals surface area (Å²) in [6, 6.07) is 0. The predicted octanol–water partition coefficient (Wildman–Crippen LogP) is 1.28. The number of nitrogens with zero attached hydrogens (tertiary/aromatic N) is 2. The Hall–Kier alpha value is -0.460. The summed E-state index contributed by atoms with van der Waals surface area (Å²) in [5.74, 6) is 0. The van der Waals surface area contributed by atoms with E-state index in [1.807, 2.05) is 11.9 Å². The van der Waals surface area contributed by atoms with Crippen LogP contribution in [0, 0.1) is 3.95 Å². The Morgan fingerprint density at radius 2 is 2.50 bits per heavy atom. The van der Waals surface area contributed by atoms with Gasteiger partial charge in [0.25, 0.3) is 0 Å². The molecule has 0 aromatic carbocycles. The lowest BCUT2D eigenvalue weighted by molar-refractivity contribution is 0.206. The second-order valence-electron chi connectivity index (χ2n) is 2.31. The lowest BCUT2D eigenvalue weighted by Crippen LogP contribution is -2.21. The summed E-state index contributed by atoms with van der Waals surface area (Å²) in [5, 5.41) is 7.66. The van der Waals surface area contributed by atoms with Crippen molar-refractivity contribution in [2.45, 2.75) is 0 Å². The van der Waals surface area contributed by atoms with Crippen molar-refractivity contribution in [2.24, 2.45) is 0 Å². The Morgan fingerprint density at radius 3 is 3.00 bits per heavy atom. The van der Waals surface area contributed by atoms with Gasteiger partial charge in [-0.2, -0.15) is 0 Å². The number of rotatable bonds is 4. The molecule has 0 amide bonds. The van der Waals surface area contributed by atoms with Crippen LogP contribution in [-0.4, -0.2) is 37.5 Å². The van der Waals surface area contributed by atoms with E-state index < -0.39 is 0 Å². The second-order valence-corrected chi connectivity index (χ2v) is 3.95. The third kappa shape index (κ3) is 2.54. The highest BCUT2D eigenvalue weighted by molar-refractivity contribution is 7.73. The van der Waals surface area contributed by atoms with Gasteiger partial charge in [-0.3, -0.25) is 5.10 Å². The van der Waals surface area contributed by atoms with Crippen molar-refractivity contribution < 1.29 is 4.74 Å². The predicted molar refractivity (Wildman–Crippen MR) is 52.4 cm³/mol. The van der Waals surface area contributed by atoms with Crippen molar-refractivity contribution in [3.63, 3.8) is 0 Å². The van der Waals surface area contributed by atoms with Crippen molar-refractivity contribution in [2.75, 3.05) is 32.2 Å². The number of anilines is 1. The molecule has 1 heterocycles. The molecule has 0 aliphatic carbocycles. The molecule has 0 unspecified atom stereocenters. The molecule has 6 heteroatoms. The van der Waals surface area contributed by atoms with E-state index in [1.54, 1.807) is 7.11 Å². The van der Waals surface area contributed by atoms with E-state index in [2.05, 4.69) is 10.2 Å². The second kappa shape index (κ2) is 4.54. The number of hydrogen-bond donors (Lipinski definition) is 1. The number of methoxy groups -OCH3 is 1. The number of H-pyrrole nitrogens is 1. The zero-order valence-electron chi connectivity index (χ0n) is 7.03. The van der Waals surface area contributed by atoms with Crippen LogP contribution in [-0.2, 0) is 4.74 Å². The third-order valence-corrected chi connectivity index (χ3v) is 2.59. The Morgan fingerprint density at radius 1 is 1.75 bits per heavy atom. The van der Waals surface area contributed by atoms with E-state index in [9.17, 15) is 0 Å². The van der Waals surface area contributed by atoms with Crippen LogP contribution >= 0.6 is 23.6 Å². The highest BCUT2D eigenvalue weighted by Gasteiger charge is 2.02. The number of ether oxygens (including phenoxy) is 1. The number of likely N-dealkylation sites (N-methyl/N-ethyl adjacent to an activating group) is 1. The SMILES string of the molecule is COCCN(C)c1n[nH]c(=S)s1. The molecule has 1 aromatic rings. The number of nitrogens with one attached hydrogen (secondary N) is 1. The van der Waals surface area contributed by atoms with Crippen molar-refractivity contribution >= 4 is 28.7 Å². The fourth-order valence-corrected chi connectivity index (χ4v) is 1.57. The van der Waals surface area contributed by atoms with Gasteiger partial charge in [0.05, 0.1) is 6.61 Å². The van der Waals surface area contributed by atoms with Crippen LogP contribution in [0.2, 0.25) is 0 Å². The molecule has 0 atom stereocenters. The van der Waals surface area contributed by atoms with Gasteiger partial charge in [-0.05, 0) is 12.2 Å². The van der Waals surface area contributed by atoms with Gasteiger partial charge in [0, 0.05) is 20.7 Å². The maximum Gasteiger partial charge on any atom is 0.206 e. The first kappa shape index (κ1) is 9.63. The van der Waals surface area contributed by atoms with Gasteiger partial charge >= 0.3 is 0 Å². The Balaban J connectivity index is 2.53. The normalized spacial score (nSPS) is 10.2.